The topological polar surface area (TPSA) is 25.2 Å². The van der Waals surface area contributed by atoms with Gasteiger partial charge in [0.05, 0.1) is 6.26 Å². The van der Waals surface area contributed by atoms with Crippen LogP contribution >= 0.6 is 0 Å². The van der Waals surface area contributed by atoms with Crippen LogP contribution in [0.5, 0.6) is 0 Å². The van der Waals surface area contributed by atoms with Crippen molar-refractivity contribution in [1.82, 2.24) is 5.32 Å². The zero-order valence-electron chi connectivity index (χ0n) is 11.1. The lowest BCUT2D eigenvalue weighted by Crippen LogP contribution is -2.35. The van der Waals surface area contributed by atoms with Gasteiger partial charge in [-0.3, -0.25) is 0 Å². The summed E-state index contributed by atoms with van der Waals surface area (Å²) in [4.78, 5) is 0. The number of hydrogen-bond acceptors (Lipinski definition) is 2. The van der Waals surface area contributed by atoms with E-state index in [4.69, 9.17) is 4.42 Å². The van der Waals surface area contributed by atoms with Crippen LogP contribution in [0.1, 0.15) is 31.1 Å². The molecule has 1 aromatic carbocycles. The van der Waals surface area contributed by atoms with E-state index in [-0.39, 0.29) is 0 Å². The van der Waals surface area contributed by atoms with Gasteiger partial charge >= 0.3 is 0 Å². The maximum absolute atomic E-state index is 5.46. The highest BCUT2D eigenvalue weighted by atomic mass is 16.3. The Morgan fingerprint density at radius 1 is 1.11 bits per heavy atom. The Morgan fingerprint density at radius 3 is 2.50 bits per heavy atom. The average Bonchev–Trinajstić information content (AvgIpc) is 2.91. The van der Waals surface area contributed by atoms with Crippen LogP contribution in [0, 0.1) is 0 Å². The molecule has 96 valence electrons. The molecule has 0 bridgehead atoms. The van der Waals surface area contributed by atoms with Crippen LogP contribution in [0.4, 0.5) is 0 Å². The molecule has 0 fully saturated rings. The Labute approximate surface area is 109 Å². The highest BCUT2D eigenvalue weighted by Crippen LogP contribution is 2.21. The molecule has 0 saturated carbocycles. The van der Waals surface area contributed by atoms with E-state index < -0.39 is 0 Å². The van der Waals surface area contributed by atoms with Gasteiger partial charge in [-0.15, -0.1) is 0 Å². The summed E-state index contributed by atoms with van der Waals surface area (Å²) in [6, 6.07) is 15.0. The van der Waals surface area contributed by atoms with Gasteiger partial charge in [-0.2, -0.15) is 0 Å². The predicted octanol–water partition coefficient (Wildman–Crippen LogP) is 3.60. The average molecular weight is 243 g/mol. The van der Waals surface area contributed by atoms with Gasteiger partial charge in [0.2, 0.25) is 0 Å². The van der Waals surface area contributed by atoms with Crippen LogP contribution in [0.15, 0.2) is 53.1 Å². The van der Waals surface area contributed by atoms with E-state index in [1.165, 1.54) is 5.56 Å². The smallest absolute Gasteiger partial charge is 0.105 e. The second kappa shape index (κ2) is 6.41. The summed E-state index contributed by atoms with van der Waals surface area (Å²) in [7, 11) is 0. The van der Waals surface area contributed by atoms with E-state index >= 15 is 0 Å². The van der Waals surface area contributed by atoms with Crippen LogP contribution in [-0.4, -0.2) is 12.6 Å². The fourth-order valence-electron chi connectivity index (χ4n) is 2.32. The standard InChI is InChI=1S/C16H21NO/c1-3-17-16(12-15-10-7-11-18-15)13(2)14-8-5-4-6-9-14/h4-11,13,16-17H,3,12H2,1-2H3. The normalized spacial score (nSPS) is 14.3. The minimum Gasteiger partial charge on any atom is -0.469 e. The number of nitrogens with one attached hydrogen (secondary N) is 1. The van der Waals surface area contributed by atoms with E-state index in [0.29, 0.717) is 12.0 Å². The van der Waals surface area contributed by atoms with Crippen molar-refractivity contribution in [2.75, 3.05) is 6.54 Å². The minimum absolute atomic E-state index is 0.406. The lowest BCUT2D eigenvalue weighted by molar-refractivity contribution is 0.410. The quantitative estimate of drug-likeness (QED) is 0.838. The van der Waals surface area contributed by atoms with Crippen molar-refractivity contribution in [3.8, 4) is 0 Å². The van der Waals surface area contributed by atoms with Crippen molar-refractivity contribution in [2.45, 2.75) is 32.2 Å². The second-order valence-corrected chi connectivity index (χ2v) is 4.65. The monoisotopic (exact) mass is 243 g/mol. The molecule has 1 heterocycles. The van der Waals surface area contributed by atoms with Crippen LogP contribution in [0.25, 0.3) is 0 Å². The molecule has 2 nitrogen and oxygen atoms in total. The largest absolute Gasteiger partial charge is 0.469 e. The summed E-state index contributed by atoms with van der Waals surface area (Å²) in [5.41, 5.74) is 1.37. The first-order chi connectivity index (χ1) is 8.81. The predicted molar refractivity (Wildman–Crippen MR) is 74.7 cm³/mol. The van der Waals surface area contributed by atoms with Crippen molar-refractivity contribution < 1.29 is 4.42 Å². The molecule has 2 heteroatoms. The second-order valence-electron chi connectivity index (χ2n) is 4.65. The number of furan rings is 1. The number of rotatable bonds is 6. The van der Waals surface area contributed by atoms with Crippen molar-refractivity contribution in [1.29, 1.82) is 0 Å². The molecule has 2 atom stereocenters. The van der Waals surface area contributed by atoms with E-state index in [9.17, 15) is 0 Å². The molecule has 0 aliphatic carbocycles. The molecule has 0 aliphatic rings. The molecule has 2 rings (SSSR count). The molecule has 1 N–H and O–H groups in total. The van der Waals surface area contributed by atoms with Gasteiger partial charge in [-0.05, 0) is 30.2 Å². The molecule has 0 spiro atoms. The Kier molecular flexibility index (Phi) is 4.59. The van der Waals surface area contributed by atoms with Gasteiger partial charge < -0.3 is 9.73 Å². The Balaban J connectivity index is 2.09. The molecule has 18 heavy (non-hydrogen) atoms. The SMILES string of the molecule is CCNC(Cc1ccco1)C(C)c1ccccc1. The van der Waals surface area contributed by atoms with Gasteiger partial charge in [-0.25, -0.2) is 0 Å². The fourth-order valence-corrected chi connectivity index (χ4v) is 2.32. The number of hydrogen-bond donors (Lipinski definition) is 1. The van der Waals surface area contributed by atoms with E-state index in [2.05, 4.69) is 49.5 Å². The third-order valence-electron chi connectivity index (χ3n) is 3.40. The summed E-state index contributed by atoms with van der Waals surface area (Å²) >= 11 is 0. The van der Waals surface area contributed by atoms with Crippen molar-refractivity contribution in [3.63, 3.8) is 0 Å². The van der Waals surface area contributed by atoms with E-state index in [0.717, 1.165) is 18.7 Å². The van der Waals surface area contributed by atoms with Crippen LogP contribution < -0.4 is 5.32 Å². The molecule has 1 aromatic heterocycles. The van der Waals surface area contributed by atoms with Gasteiger partial charge in [0.15, 0.2) is 0 Å². The molecule has 2 unspecified atom stereocenters. The number of benzene rings is 1. The molecule has 0 saturated heterocycles. The van der Waals surface area contributed by atoms with Gasteiger partial charge in [0.1, 0.15) is 5.76 Å². The van der Waals surface area contributed by atoms with Crippen molar-refractivity contribution >= 4 is 0 Å². The molecule has 2 aromatic rings. The number of likely N-dealkylation sites (N-methyl/N-ethyl adjacent to an activating group) is 1. The fraction of sp³-hybridized carbons (Fsp3) is 0.375. The molecule has 0 radical (unpaired) electrons. The molecule has 0 amide bonds. The summed E-state index contributed by atoms with van der Waals surface area (Å²) in [5.74, 6) is 1.51. The highest BCUT2D eigenvalue weighted by Gasteiger charge is 2.19. The Morgan fingerprint density at radius 2 is 1.89 bits per heavy atom. The molecular formula is C16H21NO. The summed E-state index contributed by atoms with van der Waals surface area (Å²) in [5, 5.41) is 3.56. The first-order valence-corrected chi connectivity index (χ1v) is 6.62. The van der Waals surface area contributed by atoms with Crippen molar-refractivity contribution in [2.24, 2.45) is 0 Å². The first kappa shape index (κ1) is 12.9. The summed E-state index contributed by atoms with van der Waals surface area (Å²) < 4.78 is 5.46. The summed E-state index contributed by atoms with van der Waals surface area (Å²) in [6.45, 7) is 5.39. The Bertz CT molecular complexity index is 435. The summed E-state index contributed by atoms with van der Waals surface area (Å²) in [6.07, 6.45) is 2.67. The minimum atomic E-state index is 0.406. The van der Waals surface area contributed by atoms with E-state index in [1.807, 2.05) is 12.1 Å². The highest BCUT2D eigenvalue weighted by molar-refractivity contribution is 5.21. The zero-order valence-corrected chi connectivity index (χ0v) is 11.1. The lowest BCUT2D eigenvalue weighted by atomic mass is 9.90. The third-order valence-corrected chi connectivity index (χ3v) is 3.40. The molecular weight excluding hydrogens is 222 g/mol. The van der Waals surface area contributed by atoms with Gasteiger partial charge in [0.25, 0.3) is 0 Å². The Hall–Kier alpha value is -1.54. The zero-order chi connectivity index (χ0) is 12.8. The van der Waals surface area contributed by atoms with Crippen LogP contribution in [0.2, 0.25) is 0 Å². The van der Waals surface area contributed by atoms with Crippen LogP contribution in [-0.2, 0) is 6.42 Å². The van der Waals surface area contributed by atoms with Crippen molar-refractivity contribution in [3.05, 3.63) is 60.1 Å². The lowest BCUT2D eigenvalue weighted by Gasteiger charge is -2.24. The first-order valence-electron chi connectivity index (χ1n) is 6.62. The van der Waals surface area contributed by atoms with E-state index in [1.54, 1.807) is 6.26 Å². The molecule has 0 aliphatic heterocycles. The maximum atomic E-state index is 5.46. The maximum Gasteiger partial charge on any atom is 0.105 e. The van der Waals surface area contributed by atoms with Gasteiger partial charge in [-0.1, -0.05) is 44.2 Å². The van der Waals surface area contributed by atoms with Crippen LogP contribution in [0.3, 0.4) is 0 Å². The third kappa shape index (κ3) is 3.23. The van der Waals surface area contributed by atoms with Gasteiger partial charge in [0, 0.05) is 12.5 Å².